The lowest BCUT2D eigenvalue weighted by Crippen LogP contribution is -2.27. The van der Waals surface area contributed by atoms with Gasteiger partial charge >= 0.3 is 18.0 Å². The van der Waals surface area contributed by atoms with Crippen LogP contribution in [-0.4, -0.2) is 37.5 Å². The van der Waals surface area contributed by atoms with Gasteiger partial charge in [-0.15, -0.1) is 5.48 Å². The highest BCUT2D eigenvalue weighted by Gasteiger charge is 2.22. The van der Waals surface area contributed by atoms with Crippen LogP contribution in [0.4, 0.5) is 4.79 Å². The fraction of sp³-hybridized carbons (Fsp3) is 0.115. The molecule has 0 aliphatic rings. The molecule has 0 saturated carbocycles. The number of methoxy groups -OCH3 is 1. The second kappa shape index (κ2) is 10.5. The van der Waals surface area contributed by atoms with Crippen molar-refractivity contribution in [3.8, 4) is 0 Å². The Kier molecular flexibility index (Phi) is 7.25. The number of aromatic nitrogens is 1. The average molecular weight is 523 g/mol. The van der Waals surface area contributed by atoms with Crippen molar-refractivity contribution in [2.75, 3.05) is 7.11 Å². The Hall–Kier alpha value is -4.64. The summed E-state index contributed by atoms with van der Waals surface area (Å²) in [7, 11) is -2.66. The first-order chi connectivity index (χ1) is 17.7. The van der Waals surface area contributed by atoms with Gasteiger partial charge in [-0.25, -0.2) is 26.8 Å². The number of ether oxygens (including phenoxy) is 2. The predicted molar refractivity (Wildman–Crippen MR) is 132 cm³/mol. The van der Waals surface area contributed by atoms with Gasteiger partial charge < -0.3 is 14.3 Å². The lowest BCUT2D eigenvalue weighted by molar-refractivity contribution is 0.0197. The highest BCUT2D eigenvalue weighted by Crippen LogP contribution is 2.27. The van der Waals surface area contributed by atoms with Crippen molar-refractivity contribution in [1.82, 2.24) is 9.45 Å². The fourth-order valence-electron chi connectivity index (χ4n) is 3.58. The number of esters is 1. The van der Waals surface area contributed by atoms with Crippen LogP contribution in [0.15, 0.2) is 83.9 Å². The number of hydrogen-bond acceptors (Lipinski definition) is 8. The van der Waals surface area contributed by atoms with E-state index in [0.717, 1.165) is 9.54 Å². The van der Waals surface area contributed by atoms with Gasteiger partial charge in [0, 0.05) is 17.1 Å². The predicted octanol–water partition coefficient (Wildman–Crippen LogP) is 3.97. The Morgan fingerprint density at radius 2 is 1.54 bits per heavy atom. The first kappa shape index (κ1) is 25.5. The largest absolute Gasteiger partial charge is 0.465 e. The maximum absolute atomic E-state index is 13.2. The van der Waals surface area contributed by atoms with Gasteiger partial charge in [0.2, 0.25) is 0 Å². The van der Waals surface area contributed by atoms with Gasteiger partial charge in [-0.3, -0.25) is 0 Å². The monoisotopic (exact) mass is 522 g/mol. The summed E-state index contributed by atoms with van der Waals surface area (Å²) in [5.41, 5.74) is 3.98. The van der Waals surface area contributed by atoms with Gasteiger partial charge in [-0.05, 0) is 55.5 Å². The molecule has 10 nitrogen and oxygen atoms in total. The average Bonchev–Trinajstić information content (AvgIpc) is 3.29. The van der Waals surface area contributed by atoms with Crippen LogP contribution >= 0.6 is 0 Å². The molecule has 0 spiro atoms. The third kappa shape index (κ3) is 5.46. The Balaban J connectivity index is 1.46. The molecule has 0 saturated heterocycles. The maximum Gasteiger partial charge on any atom is 0.441 e. The number of nitrogens with one attached hydrogen (secondary N) is 1. The molecule has 190 valence electrons. The van der Waals surface area contributed by atoms with Gasteiger partial charge in [-0.1, -0.05) is 29.8 Å². The van der Waals surface area contributed by atoms with E-state index >= 15 is 0 Å². The molecule has 0 aliphatic heterocycles. The number of carbonyl (C=O) groups excluding carboxylic acids is 3. The van der Waals surface area contributed by atoms with Crippen molar-refractivity contribution in [2.45, 2.75) is 18.4 Å². The summed E-state index contributed by atoms with van der Waals surface area (Å²) in [5.74, 6) is -1.44. The molecule has 1 amide bonds. The zero-order chi connectivity index (χ0) is 26.6. The Bertz CT molecular complexity index is 1580. The minimum Gasteiger partial charge on any atom is -0.465 e. The SMILES string of the molecule is COC(=O)c1ccc(C(=O)ONC(=O)OCc2cn(S(=O)(=O)c3ccccc3)c3ccc(C)cc23)cc1. The summed E-state index contributed by atoms with van der Waals surface area (Å²) in [6, 6.07) is 18.7. The molecule has 4 rings (SSSR count). The van der Waals surface area contributed by atoms with Crippen molar-refractivity contribution in [1.29, 1.82) is 0 Å². The standard InChI is InChI=1S/C26H22N2O8S/c1-17-8-13-23-22(14-17)20(15-28(23)37(32,33)21-6-4-3-5-7-21)16-35-26(31)27-36-25(30)19-11-9-18(10-12-19)24(29)34-2/h3-15H,16H2,1-2H3,(H,27,31). The number of amides is 1. The smallest absolute Gasteiger partial charge is 0.441 e. The molecule has 37 heavy (non-hydrogen) atoms. The van der Waals surface area contributed by atoms with Crippen molar-refractivity contribution < 1.29 is 37.1 Å². The first-order valence-corrected chi connectivity index (χ1v) is 12.4. The molecule has 0 bridgehead atoms. The summed E-state index contributed by atoms with van der Waals surface area (Å²) in [6.45, 7) is 1.57. The van der Waals surface area contributed by atoms with Crippen LogP contribution in [0.25, 0.3) is 10.9 Å². The number of rotatable bonds is 6. The van der Waals surface area contributed by atoms with E-state index in [0.29, 0.717) is 16.5 Å². The highest BCUT2D eigenvalue weighted by atomic mass is 32.2. The number of benzene rings is 3. The summed E-state index contributed by atoms with van der Waals surface area (Å²) in [4.78, 5) is 40.7. The lowest BCUT2D eigenvalue weighted by Gasteiger charge is -2.07. The third-order valence-corrected chi connectivity index (χ3v) is 7.12. The van der Waals surface area contributed by atoms with Crippen LogP contribution in [-0.2, 0) is 30.9 Å². The van der Waals surface area contributed by atoms with E-state index in [1.165, 1.54) is 49.7 Å². The fourth-order valence-corrected chi connectivity index (χ4v) is 4.99. The van der Waals surface area contributed by atoms with Crippen LogP contribution in [0.1, 0.15) is 31.8 Å². The second-order valence-corrected chi connectivity index (χ2v) is 9.74. The zero-order valence-corrected chi connectivity index (χ0v) is 20.7. The lowest BCUT2D eigenvalue weighted by atomic mass is 10.1. The Labute approximate surface area is 212 Å². The minimum absolute atomic E-state index is 0.0811. The van der Waals surface area contributed by atoms with E-state index in [1.54, 1.807) is 36.4 Å². The molecular weight excluding hydrogens is 500 g/mol. The van der Waals surface area contributed by atoms with E-state index in [9.17, 15) is 22.8 Å². The van der Waals surface area contributed by atoms with Gasteiger partial charge in [0.05, 0.1) is 28.6 Å². The second-order valence-electron chi connectivity index (χ2n) is 7.93. The Morgan fingerprint density at radius 3 is 2.19 bits per heavy atom. The van der Waals surface area contributed by atoms with Crippen LogP contribution in [0.2, 0.25) is 0 Å². The molecule has 11 heteroatoms. The Morgan fingerprint density at radius 1 is 0.892 bits per heavy atom. The third-order valence-electron chi connectivity index (χ3n) is 5.44. The van der Waals surface area contributed by atoms with Crippen LogP contribution in [0.5, 0.6) is 0 Å². The zero-order valence-electron chi connectivity index (χ0n) is 19.8. The molecule has 0 radical (unpaired) electrons. The quantitative estimate of drug-likeness (QED) is 0.229. The van der Waals surface area contributed by atoms with Gasteiger partial charge in [0.15, 0.2) is 0 Å². The molecule has 1 heterocycles. The molecule has 4 aromatic rings. The minimum atomic E-state index is -3.90. The topological polar surface area (TPSA) is 130 Å². The van der Waals surface area contributed by atoms with E-state index in [1.807, 2.05) is 12.4 Å². The van der Waals surface area contributed by atoms with Crippen molar-refractivity contribution in [3.05, 3.63) is 101 Å². The van der Waals surface area contributed by atoms with Crippen LogP contribution in [0.3, 0.4) is 0 Å². The molecule has 3 aromatic carbocycles. The normalized spacial score (nSPS) is 11.1. The van der Waals surface area contributed by atoms with Crippen molar-refractivity contribution >= 4 is 39.0 Å². The molecule has 0 aliphatic carbocycles. The molecule has 1 N–H and O–H groups in total. The van der Waals surface area contributed by atoms with E-state index in [4.69, 9.17) is 9.57 Å². The summed E-state index contributed by atoms with van der Waals surface area (Å²) in [5, 5.41) is 0.593. The van der Waals surface area contributed by atoms with Crippen molar-refractivity contribution in [2.24, 2.45) is 0 Å². The first-order valence-electron chi connectivity index (χ1n) is 10.9. The van der Waals surface area contributed by atoms with Crippen LogP contribution in [0, 0.1) is 6.92 Å². The highest BCUT2D eigenvalue weighted by molar-refractivity contribution is 7.90. The number of carbonyl (C=O) groups is 3. The van der Waals surface area contributed by atoms with Gasteiger partial charge in [0.1, 0.15) is 6.61 Å². The number of hydrogen-bond donors (Lipinski definition) is 1. The van der Waals surface area contributed by atoms with E-state index in [2.05, 4.69) is 4.74 Å². The van der Waals surface area contributed by atoms with E-state index in [-0.39, 0.29) is 22.6 Å². The summed E-state index contributed by atoms with van der Waals surface area (Å²) < 4.78 is 37.4. The maximum atomic E-state index is 13.2. The molecule has 0 fully saturated rings. The molecule has 0 unspecified atom stereocenters. The number of hydroxylamine groups is 1. The molecule has 0 atom stereocenters. The number of fused-ring (bicyclic) bond motifs is 1. The molecule has 1 aromatic heterocycles. The van der Waals surface area contributed by atoms with E-state index < -0.39 is 28.1 Å². The van der Waals surface area contributed by atoms with Gasteiger partial charge in [-0.2, -0.15) is 0 Å². The number of nitrogens with zero attached hydrogens (tertiary/aromatic N) is 1. The molecular formula is C26H22N2O8S. The summed E-state index contributed by atoms with van der Waals surface area (Å²) in [6.07, 6.45) is 0.341. The number of aryl methyl sites for hydroxylation is 1. The van der Waals surface area contributed by atoms with Crippen LogP contribution < -0.4 is 5.48 Å². The van der Waals surface area contributed by atoms with Crippen molar-refractivity contribution in [3.63, 3.8) is 0 Å². The summed E-state index contributed by atoms with van der Waals surface area (Å²) >= 11 is 0. The van der Waals surface area contributed by atoms with Gasteiger partial charge in [0.25, 0.3) is 10.0 Å².